The maximum absolute atomic E-state index is 13.2. The number of hydrogen-bond acceptors (Lipinski definition) is 4. The second-order valence-electron chi connectivity index (χ2n) is 6.14. The summed E-state index contributed by atoms with van der Waals surface area (Å²) in [6, 6.07) is 9.21. The molecule has 0 spiro atoms. The molecule has 2 rings (SSSR count). The van der Waals surface area contributed by atoms with Crippen LogP contribution in [0.15, 0.2) is 42.6 Å². The van der Waals surface area contributed by atoms with E-state index >= 15 is 0 Å². The Labute approximate surface area is 146 Å². The zero-order valence-corrected chi connectivity index (χ0v) is 14.6. The van der Waals surface area contributed by atoms with E-state index in [1.807, 2.05) is 31.1 Å². The van der Waals surface area contributed by atoms with Gasteiger partial charge in [0.1, 0.15) is 11.6 Å². The first-order valence-electron chi connectivity index (χ1n) is 8.06. The molecule has 1 atom stereocenters. The van der Waals surface area contributed by atoms with Gasteiger partial charge in [0.05, 0.1) is 0 Å². The molecule has 2 aromatic rings. The summed E-state index contributed by atoms with van der Waals surface area (Å²) in [5, 5.41) is 2.83. The highest BCUT2D eigenvalue weighted by Crippen LogP contribution is 2.15. The quantitative estimate of drug-likeness (QED) is 0.785. The monoisotopic (exact) mass is 343 g/mol. The Bertz CT molecular complexity index is 762. The van der Waals surface area contributed by atoms with Gasteiger partial charge in [-0.1, -0.05) is 25.1 Å². The minimum atomic E-state index is -0.504. The molecule has 132 valence electrons. The second-order valence-corrected chi connectivity index (χ2v) is 6.14. The maximum Gasteiger partial charge on any atom is 0.223 e. The van der Waals surface area contributed by atoms with Gasteiger partial charge in [0.2, 0.25) is 5.91 Å². The van der Waals surface area contributed by atoms with Crippen molar-refractivity contribution in [2.24, 2.45) is 5.92 Å². The van der Waals surface area contributed by atoms with Gasteiger partial charge in [-0.05, 0) is 18.2 Å². The first-order chi connectivity index (χ1) is 11.9. The summed E-state index contributed by atoms with van der Waals surface area (Å²) in [4.78, 5) is 30.6. The summed E-state index contributed by atoms with van der Waals surface area (Å²) < 4.78 is 13.2. The van der Waals surface area contributed by atoms with Crippen molar-refractivity contribution >= 4 is 17.5 Å². The second kappa shape index (κ2) is 8.37. The smallest absolute Gasteiger partial charge is 0.223 e. The lowest BCUT2D eigenvalue weighted by atomic mass is 9.99. The Morgan fingerprint density at radius 2 is 2.00 bits per heavy atom. The van der Waals surface area contributed by atoms with Gasteiger partial charge >= 0.3 is 0 Å². The molecule has 1 heterocycles. The molecule has 0 bridgehead atoms. The third-order valence-corrected chi connectivity index (χ3v) is 3.83. The van der Waals surface area contributed by atoms with Crippen molar-refractivity contribution in [3.8, 4) is 0 Å². The van der Waals surface area contributed by atoms with E-state index in [-0.39, 0.29) is 23.7 Å². The van der Waals surface area contributed by atoms with Crippen LogP contribution >= 0.6 is 0 Å². The van der Waals surface area contributed by atoms with Gasteiger partial charge in [-0.25, -0.2) is 9.37 Å². The molecule has 0 unspecified atom stereocenters. The number of aromatic nitrogens is 1. The summed E-state index contributed by atoms with van der Waals surface area (Å²) in [5.41, 5.74) is 1.17. The highest BCUT2D eigenvalue weighted by molar-refractivity contribution is 5.98. The van der Waals surface area contributed by atoms with Gasteiger partial charge in [-0.15, -0.1) is 0 Å². The number of pyridine rings is 1. The standard InChI is InChI=1S/C19H22FN3O2/c1-13(10-17(24)14-6-4-8-16(20)11-14)19(25)22-12-15-7-5-9-21-18(15)23(2)3/h4-9,11,13H,10,12H2,1-3H3,(H,22,25)/t13-/m1/s1. The zero-order valence-electron chi connectivity index (χ0n) is 14.6. The molecule has 1 amide bonds. The Morgan fingerprint density at radius 3 is 2.68 bits per heavy atom. The first kappa shape index (κ1) is 18.6. The van der Waals surface area contributed by atoms with Crippen LogP contribution in [-0.2, 0) is 11.3 Å². The van der Waals surface area contributed by atoms with Crippen molar-refractivity contribution in [2.45, 2.75) is 19.9 Å². The summed E-state index contributed by atoms with van der Waals surface area (Å²) in [6.07, 6.45) is 1.73. The average Bonchev–Trinajstić information content (AvgIpc) is 2.59. The van der Waals surface area contributed by atoms with Crippen molar-refractivity contribution in [3.63, 3.8) is 0 Å². The first-order valence-corrected chi connectivity index (χ1v) is 8.06. The molecule has 0 aliphatic rings. The van der Waals surface area contributed by atoms with Crippen LogP contribution < -0.4 is 10.2 Å². The number of hydrogen-bond donors (Lipinski definition) is 1. The molecule has 6 heteroatoms. The van der Waals surface area contributed by atoms with Gasteiger partial charge in [0, 0.05) is 50.3 Å². The Morgan fingerprint density at radius 1 is 1.24 bits per heavy atom. The number of carbonyl (C=O) groups is 2. The number of Topliss-reactive ketones (excluding diaryl/α,β-unsaturated/α-hetero) is 1. The minimum Gasteiger partial charge on any atom is -0.362 e. The third kappa shape index (κ3) is 5.11. The molecular formula is C19H22FN3O2. The van der Waals surface area contributed by atoms with Gasteiger partial charge in [0.15, 0.2) is 5.78 Å². The number of nitrogens with one attached hydrogen (secondary N) is 1. The lowest BCUT2D eigenvalue weighted by molar-refractivity contribution is -0.124. The number of benzene rings is 1. The summed E-state index contributed by atoms with van der Waals surface area (Å²) in [7, 11) is 3.77. The van der Waals surface area contributed by atoms with Gasteiger partial charge in [-0.3, -0.25) is 9.59 Å². The molecule has 0 saturated carbocycles. The van der Waals surface area contributed by atoms with Crippen molar-refractivity contribution in [1.29, 1.82) is 0 Å². The SMILES string of the molecule is C[C@H](CC(=O)c1cccc(F)c1)C(=O)NCc1cccnc1N(C)C. The maximum atomic E-state index is 13.2. The van der Waals surface area contributed by atoms with Gasteiger partial charge < -0.3 is 10.2 Å². The number of nitrogens with zero attached hydrogens (tertiary/aromatic N) is 2. The molecule has 25 heavy (non-hydrogen) atoms. The fraction of sp³-hybridized carbons (Fsp3) is 0.316. The van der Waals surface area contributed by atoms with Crippen LogP contribution in [0.5, 0.6) is 0 Å². The van der Waals surface area contributed by atoms with E-state index in [2.05, 4.69) is 10.3 Å². The number of carbonyl (C=O) groups excluding carboxylic acids is 2. The fourth-order valence-corrected chi connectivity index (χ4v) is 2.48. The van der Waals surface area contributed by atoms with Crippen LogP contribution in [0.4, 0.5) is 10.2 Å². The Kier molecular flexibility index (Phi) is 6.22. The summed E-state index contributed by atoms with van der Waals surface area (Å²) in [6.45, 7) is 2.02. The topological polar surface area (TPSA) is 62.3 Å². The zero-order chi connectivity index (χ0) is 18.4. The molecule has 0 radical (unpaired) electrons. The predicted octanol–water partition coefficient (Wildman–Crippen LogP) is 2.81. The van der Waals surface area contributed by atoms with Crippen LogP contribution in [0.2, 0.25) is 0 Å². The number of rotatable bonds is 7. The van der Waals surface area contributed by atoms with E-state index in [1.54, 1.807) is 19.2 Å². The highest BCUT2D eigenvalue weighted by atomic mass is 19.1. The highest BCUT2D eigenvalue weighted by Gasteiger charge is 2.18. The van der Waals surface area contributed by atoms with Gasteiger partial charge in [0.25, 0.3) is 0 Å². The van der Waals surface area contributed by atoms with Crippen molar-refractivity contribution in [1.82, 2.24) is 10.3 Å². The summed E-state index contributed by atoms with van der Waals surface area (Å²) in [5.74, 6) is -0.659. The van der Waals surface area contributed by atoms with E-state index in [4.69, 9.17) is 0 Å². The van der Waals surface area contributed by atoms with Crippen LogP contribution in [0.3, 0.4) is 0 Å². The predicted molar refractivity (Wildman–Crippen MR) is 94.9 cm³/mol. The Hall–Kier alpha value is -2.76. The molecule has 1 N–H and O–H groups in total. The van der Waals surface area contributed by atoms with E-state index < -0.39 is 11.7 Å². The van der Waals surface area contributed by atoms with Crippen molar-refractivity contribution in [3.05, 3.63) is 59.5 Å². The van der Waals surface area contributed by atoms with E-state index in [9.17, 15) is 14.0 Å². The average molecular weight is 343 g/mol. The molecule has 0 aliphatic carbocycles. The number of ketones is 1. The largest absolute Gasteiger partial charge is 0.362 e. The van der Waals surface area contributed by atoms with Crippen molar-refractivity contribution < 1.29 is 14.0 Å². The van der Waals surface area contributed by atoms with Crippen LogP contribution in [0.25, 0.3) is 0 Å². The molecule has 0 aliphatic heterocycles. The minimum absolute atomic E-state index is 0.0306. The van der Waals surface area contributed by atoms with E-state index in [0.717, 1.165) is 11.4 Å². The van der Waals surface area contributed by atoms with Gasteiger partial charge in [-0.2, -0.15) is 0 Å². The molecule has 0 saturated heterocycles. The normalized spacial score (nSPS) is 11.7. The lowest BCUT2D eigenvalue weighted by Crippen LogP contribution is -2.30. The van der Waals surface area contributed by atoms with Crippen LogP contribution in [0.1, 0.15) is 29.3 Å². The molecule has 1 aromatic carbocycles. The van der Waals surface area contributed by atoms with Crippen molar-refractivity contribution in [2.75, 3.05) is 19.0 Å². The van der Waals surface area contributed by atoms with Crippen LogP contribution in [-0.4, -0.2) is 30.8 Å². The molecule has 5 nitrogen and oxygen atoms in total. The third-order valence-electron chi connectivity index (χ3n) is 3.83. The Balaban J connectivity index is 1.94. The number of halogens is 1. The molecule has 0 fully saturated rings. The molecule has 1 aromatic heterocycles. The summed E-state index contributed by atoms with van der Waals surface area (Å²) >= 11 is 0. The van der Waals surface area contributed by atoms with E-state index in [0.29, 0.717) is 6.54 Å². The number of anilines is 1. The molecular weight excluding hydrogens is 321 g/mol. The fourth-order valence-electron chi connectivity index (χ4n) is 2.48. The van der Waals surface area contributed by atoms with Crippen LogP contribution in [0, 0.1) is 11.7 Å². The lowest BCUT2D eigenvalue weighted by Gasteiger charge is -2.17. The van der Waals surface area contributed by atoms with E-state index in [1.165, 1.54) is 18.2 Å². The number of amides is 1.